The van der Waals surface area contributed by atoms with Crippen LogP contribution >= 0.6 is 31.9 Å². The first-order chi connectivity index (χ1) is 5.22. The predicted molar refractivity (Wildman–Crippen MR) is 48.1 cm³/mol. The van der Waals surface area contributed by atoms with E-state index in [1.807, 2.05) is 0 Å². The lowest BCUT2D eigenvalue weighted by Crippen LogP contribution is -2.32. The van der Waals surface area contributed by atoms with Gasteiger partial charge in [0.1, 0.15) is 0 Å². The van der Waals surface area contributed by atoms with E-state index < -0.39 is 10.8 Å². The standard InChI is InChI=1S/C4H3BrF4.C2H3Br/c1-2-3(6,7)4(5,8)9;1-2-3/h2H,1H2;2H,1H2. The lowest BCUT2D eigenvalue weighted by atomic mass is 10.3. The molecule has 0 unspecified atom stereocenters. The molecule has 0 radical (unpaired) electrons. The van der Waals surface area contributed by atoms with E-state index in [9.17, 15) is 17.6 Å². The average molecular weight is 314 g/mol. The quantitative estimate of drug-likeness (QED) is 0.404. The molecule has 12 heavy (non-hydrogen) atoms. The van der Waals surface area contributed by atoms with Crippen LogP contribution in [0, 0.1) is 0 Å². The molecular formula is C6H6Br2F4. The van der Waals surface area contributed by atoms with E-state index in [1.165, 1.54) is 15.9 Å². The first kappa shape index (κ1) is 14.7. The fraction of sp³-hybridized carbons (Fsp3) is 0.333. The zero-order chi connectivity index (χ0) is 10.4. The predicted octanol–water partition coefficient (Wildman–Crippen LogP) is 4.32. The highest BCUT2D eigenvalue weighted by Gasteiger charge is 2.51. The van der Waals surface area contributed by atoms with Gasteiger partial charge < -0.3 is 0 Å². The molecule has 0 saturated carbocycles. The van der Waals surface area contributed by atoms with Gasteiger partial charge >= 0.3 is 10.8 Å². The van der Waals surface area contributed by atoms with Crippen LogP contribution in [-0.2, 0) is 0 Å². The summed E-state index contributed by atoms with van der Waals surface area (Å²) in [6.45, 7) is 5.82. The van der Waals surface area contributed by atoms with Gasteiger partial charge in [-0.1, -0.05) is 29.1 Å². The molecule has 0 fully saturated rings. The number of allylic oxidation sites excluding steroid dienone is 1. The van der Waals surface area contributed by atoms with Crippen molar-refractivity contribution in [3.05, 3.63) is 24.2 Å². The molecule has 72 valence electrons. The minimum atomic E-state index is -4.19. The number of rotatable bonds is 2. The Morgan fingerprint density at radius 2 is 1.33 bits per heavy atom. The van der Waals surface area contributed by atoms with E-state index in [4.69, 9.17) is 0 Å². The lowest BCUT2D eigenvalue weighted by Gasteiger charge is -2.16. The fourth-order valence-corrected chi connectivity index (χ4v) is 0.278. The van der Waals surface area contributed by atoms with Crippen molar-refractivity contribution in [2.45, 2.75) is 10.8 Å². The Balaban J connectivity index is 0. The lowest BCUT2D eigenvalue weighted by molar-refractivity contribution is -0.111. The third-order valence-electron chi connectivity index (χ3n) is 0.634. The van der Waals surface area contributed by atoms with Gasteiger partial charge in [0.25, 0.3) is 0 Å². The normalized spacial score (nSPS) is 11.2. The summed E-state index contributed by atoms with van der Waals surface area (Å²) < 4.78 is 46.7. The Morgan fingerprint density at radius 1 is 1.08 bits per heavy atom. The molecule has 0 amide bonds. The van der Waals surface area contributed by atoms with Crippen LogP contribution in [0.3, 0.4) is 0 Å². The topological polar surface area (TPSA) is 0 Å². The second-order valence-corrected chi connectivity index (χ2v) is 3.12. The summed E-state index contributed by atoms with van der Waals surface area (Å²) in [5, 5.41) is 0. The number of hydrogen-bond acceptors (Lipinski definition) is 0. The van der Waals surface area contributed by atoms with Gasteiger partial charge in [-0.25, -0.2) is 0 Å². The van der Waals surface area contributed by atoms with Crippen LogP contribution in [0.1, 0.15) is 0 Å². The minimum absolute atomic E-state index is 0.109. The maximum atomic E-state index is 11.7. The molecule has 0 aromatic rings. The van der Waals surface area contributed by atoms with Crippen molar-refractivity contribution in [2.24, 2.45) is 0 Å². The zero-order valence-corrected chi connectivity index (χ0v) is 9.01. The molecule has 0 aromatic carbocycles. The molecule has 0 nitrogen and oxygen atoms in total. The molecule has 0 rings (SSSR count). The monoisotopic (exact) mass is 312 g/mol. The molecule has 0 atom stereocenters. The van der Waals surface area contributed by atoms with Gasteiger partial charge in [-0.2, -0.15) is 17.6 Å². The first-order valence-electron chi connectivity index (χ1n) is 2.52. The van der Waals surface area contributed by atoms with Gasteiger partial charge in [-0.05, 0) is 27.0 Å². The SMILES string of the molecule is C=CBr.C=CC(F)(F)C(F)(F)Br. The van der Waals surface area contributed by atoms with Crippen LogP contribution in [0.5, 0.6) is 0 Å². The Kier molecular flexibility index (Phi) is 7.02. The highest BCUT2D eigenvalue weighted by Crippen LogP contribution is 2.39. The van der Waals surface area contributed by atoms with Gasteiger partial charge in [0.05, 0.1) is 0 Å². The summed E-state index contributed by atoms with van der Waals surface area (Å²) in [6.07, 6.45) is -0.109. The third kappa shape index (κ3) is 5.77. The molecule has 0 aliphatic rings. The molecule has 0 heterocycles. The summed E-state index contributed by atoms with van der Waals surface area (Å²) in [7, 11) is 0. The summed E-state index contributed by atoms with van der Waals surface area (Å²) in [5.41, 5.74) is 0. The van der Waals surface area contributed by atoms with Gasteiger partial charge in [-0.15, -0.1) is 0 Å². The minimum Gasteiger partial charge on any atom is -0.194 e. The summed E-state index contributed by atoms with van der Waals surface area (Å²) in [6, 6.07) is 0. The molecule has 0 N–H and O–H groups in total. The van der Waals surface area contributed by atoms with E-state index in [0.29, 0.717) is 0 Å². The van der Waals surface area contributed by atoms with Crippen molar-refractivity contribution in [1.82, 2.24) is 0 Å². The summed E-state index contributed by atoms with van der Waals surface area (Å²) in [5.74, 6) is -4.17. The Bertz CT molecular complexity index is 150. The number of alkyl halides is 5. The fourth-order valence-electron chi connectivity index (χ4n) is 0.116. The number of halogens is 6. The van der Waals surface area contributed by atoms with E-state index in [1.54, 1.807) is 4.99 Å². The number of hydrogen-bond donors (Lipinski definition) is 0. The van der Waals surface area contributed by atoms with Crippen LogP contribution in [0.4, 0.5) is 17.6 Å². The van der Waals surface area contributed by atoms with Crippen LogP contribution in [0.2, 0.25) is 0 Å². The smallest absolute Gasteiger partial charge is 0.194 e. The zero-order valence-electron chi connectivity index (χ0n) is 5.84. The highest BCUT2D eigenvalue weighted by atomic mass is 79.9. The van der Waals surface area contributed by atoms with Gasteiger partial charge in [0.2, 0.25) is 0 Å². The third-order valence-corrected chi connectivity index (χ3v) is 1.16. The van der Waals surface area contributed by atoms with Crippen molar-refractivity contribution < 1.29 is 17.6 Å². The van der Waals surface area contributed by atoms with Gasteiger partial charge in [0, 0.05) is 0 Å². The van der Waals surface area contributed by atoms with Crippen molar-refractivity contribution in [3.8, 4) is 0 Å². The van der Waals surface area contributed by atoms with E-state index in [-0.39, 0.29) is 6.08 Å². The first-order valence-corrected chi connectivity index (χ1v) is 4.23. The van der Waals surface area contributed by atoms with Crippen LogP contribution in [-0.4, -0.2) is 10.8 Å². The van der Waals surface area contributed by atoms with Crippen LogP contribution in [0.15, 0.2) is 24.2 Å². The molecule has 0 saturated heterocycles. The molecule has 6 heteroatoms. The Morgan fingerprint density at radius 3 is 1.33 bits per heavy atom. The summed E-state index contributed by atoms with van der Waals surface area (Å²) >= 11 is 4.42. The highest BCUT2D eigenvalue weighted by molar-refractivity contribution is 9.11. The second kappa shape index (κ2) is 5.75. The maximum Gasteiger partial charge on any atom is 0.367 e. The van der Waals surface area contributed by atoms with Crippen molar-refractivity contribution >= 4 is 31.9 Å². The Labute approximate surface area is 84.6 Å². The van der Waals surface area contributed by atoms with Crippen LogP contribution < -0.4 is 0 Å². The van der Waals surface area contributed by atoms with Crippen molar-refractivity contribution in [1.29, 1.82) is 0 Å². The van der Waals surface area contributed by atoms with Crippen LogP contribution in [0.25, 0.3) is 0 Å². The second-order valence-electron chi connectivity index (χ2n) is 1.48. The average Bonchev–Trinajstić information content (AvgIpc) is 1.87. The van der Waals surface area contributed by atoms with Gasteiger partial charge in [0.15, 0.2) is 0 Å². The molecule has 0 aliphatic heterocycles. The maximum absolute atomic E-state index is 11.7. The van der Waals surface area contributed by atoms with Crippen molar-refractivity contribution in [3.63, 3.8) is 0 Å². The molecule has 0 aromatic heterocycles. The molecule has 0 bridgehead atoms. The van der Waals surface area contributed by atoms with E-state index in [2.05, 4.69) is 29.1 Å². The van der Waals surface area contributed by atoms with Crippen molar-refractivity contribution in [2.75, 3.05) is 0 Å². The largest absolute Gasteiger partial charge is 0.367 e. The van der Waals surface area contributed by atoms with E-state index in [0.717, 1.165) is 0 Å². The summed E-state index contributed by atoms with van der Waals surface area (Å²) in [4.78, 5) is -2.63. The Hall–Kier alpha value is 0.160. The molecular weight excluding hydrogens is 308 g/mol. The van der Waals surface area contributed by atoms with Gasteiger partial charge in [-0.3, -0.25) is 0 Å². The molecule has 0 aliphatic carbocycles. The molecule has 0 spiro atoms. The van der Waals surface area contributed by atoms with E-state index >= 15 is 0 Å².